The van der Waals surface area contributed by atoms with E-state index in [1.54, 1.807) is 18.0 Å². The summed E-state index contributed by atoms with van der Waals surface area (Å²) in [5.74, 6) is -0.389. The van der Waals surface area contributed by atoms with Crippen LogP contribution in [0.2, 0.25) is 0 Å². The number of halogens is 1. The molecule has 0 spiro atoms. The summed E-state index contributed by atoms with van der Waals surface area (Å²) in [6.45, 7) is 2.86. The van der Waals surface area contributed by atoms with Gasteiger partial charge in [-0.2, -0.15) is 0 Å². The van der Waals surface area contributed by atoms with E-state index in [2.05, 4.69) is 10.6 Å². The van der Waals surface area contributed by atoms with Crippen molar-refractivity contribution < 1.29 is 14.0 Å². The average Bonchev–Trinajstić information content (AvgIpc) is 2.50. The van der Waals surface area contributed by atoms with E-state index in [0.717, 1.165) is 5.56 Å². The number of anilines is 1. The van der Waals surface area contributed by atoms with Crippen LogP contribution in [0, 0.1) is 18.7 Å². The summed E-state index contributed by atoms with van der Waals surface area (Å²) >= 11 is 0. The number of carbonyl (C=O) groups excluding carboxylic acids is 2. The summed E-state index contributed by atoms with van der Waals surface area (Å²) in [6.07, 6.45) is 1.30. The Balaban J connectivity index is 1.93. The lowest BCUT2D eigenvalue weighted by molar-refractivity contribution is -0.125. The number of amides is 3. The first-order valence-electron chi connectivity index (χ1n) is 7.05. The normalized spacial score (nSPS) is 15.7. The molecule has 1 aromatic carbocycles. The van der Waals surface area contributed by atoms with Crippen molar-refractivity contribution in [3.63, 3.8) is 0 Å². The van der Waals surface area contributed by atoms with Gasteiger partial charge in [0.1, 0.15) is 5.82 Å². The highest BCUT2D eigenvalue weighted by Crippen LogP contribution is 2.20. The van der Waals surface area contributed by atoms with Crippen molar-refractivity contribution in [3.05, 3.63) is 29.6 Å². The van der Waals surface area contributed by atoms with Gasteiger partial charge in [-0.05, 0) is 37.5 Å². The number of piperidine rings is 1. The molecule has 0 aliphatic carbocycles. The molecule has 1 aliphatic rings. The molecule has 114 valence electrons. The topological polar surface area (TPSA) is 61.4 Å². The van der Waals surface area contributed by atoms with Gasteiger partial charge in [0.2, 0.25) is 5.91 Å². The number of nitrogens with zero attached hydrogens (tertiary/aromatic N) is 1. The molecule has 2 N–H and O–H groups in total. The molecule has 0 atom stereocenters. The number of hydrogen-bond acceptors (Lipinski definition) is 2. The second-order valence-corrected chi connectivity index (χ2v) is 5.26. The molecule has 0 unspecified atom stereocenters. The first-order chi connectivity index (χ1) is 10.0. The Bertz CT molecular complexity index is 540. The van der Waals surface area contributed by atoms with Crippen molar-refractivity contribution in [1.82, 2.24) is 10.2 Å². The summed E-state index contributed by atoms with van der Waals surface area (Å²) < 4.78 is 13.2. The van der Waals surface area contributed by atoms with Crippen LogP contribution in [0.3, 0.4) is 0 Å². The number of likely N-dealkylation sites (tertiary alicyclic amines) is 1. The Morgan fingerprint density at radius 2 is 1.95 bits per heavy atom. The number of hydrogen-bond donors (Lipinski definition) is 2. The molecule has 1 saturated heterocycles. The summed E-state index contributed by atoms with van der Waals surface area (Å²) in [5.41, 5.74) is 1.29. The minimum atomic E-state index is -0.380. The lowest BCUT2D eigenvalue weighted by Crippen LogP contribution is -2.44. The third kappa shape index (κ3) is 3.71. The first kappa shape index (κ1) is 15.3. The van der Waals surface area contributed by atoms with Gasteiger partial charge >= 0.3 is 6.03 Å². The number of rotatable bonds is 2. The van der Waals surface area contributed by atoms with Crippen molar-refractivity contribution >= 4 is 17.6 Å². The zero-order valence-electron chi connectivity index (χ0n) is 12.3. The Hall–Kier alpha value is -2.11. The van der Waals surface area contributed by atoms with E-state index in [1.165, 1.54) is 12.1 Å². The van der Waals surface area contributed by atoms with Gasteiger partial charge in [-0.3, -0.25) is 4.79 Å². The number of benzene rings is 1. The van der Waals surface area contributed by atoms with Crippen LogP contribution in [0.4, 0.5) is 14.9 Å². The minimum Gasteiger partial charge on any atom is -0.359 e. The van der Waals surface area contributed by atoms with E-state index in [4.69, 9.17) is 0 Å². The molecule has 1 fully saturated rings. The monoisotopic (exact) mass is 293 g/mol. The van der Waals surface area contributed by atoms with Crippen molar-refractivity contribution in [3.8, 4) is 0 Å². The number of aryl methyl sites for hydroxylation is 1. The molecular weight excluding hydrogens is 273 g/mol. The largest absolute Gasteiger partial charge is 0.359 e. The average molecular weight is 293 g/mol. The number of nitrogens with one attached hydrogen (secondary N) is 2. The van der Waals surface area contributed by atoms with E-state index < -0.39 is 0 Å². The van der Waals surface area contributed by atoms with E-state index in [1.807, 2.05) is 6.92 Å². The molecule has 1 heterocycles. The predicted octanol–water partition coefficient (Wildman–Crippen LogP) is 2.12. The maximum absolute atomic E-state index is 13.2. The van der Waals surface area contributed by atoms with Gasteiger partial charge in [0.15, 0.2) is 0 Å². The molecule has 0 aromatic heterocycles. The fraction of sp³-hybridized carbons (Fsp3) is 0.467. The standard InChI is InChI=1S/C15H20FN3O2/c1-10-3-4-12(16)9-13(10)18-15(21)19-7-5-11(6-8-19)14(20)17-2/h3-4,9,11H,5-8H2,1-2H3,(H,17,20)(H,18,21). The summed E-state index contributed by atoms with van der Waals surface area (Å²) in [7, 11) is 1.62. The molecule has 0 radical (unpaired) electrons. The fourth-order valence-electron chi connectivity index (χ4n) is 2.47. The van der Waals surface area contributed by atoms with Gasteiger partial charge < -0.3 is 15.5 Å². The highest BCUT2D eigenvalue weighted by molar-refractivity contribution is 5.90. The van der Waals surface area contributed by atoms with Gasteiger partial charge in [-0.1, -0.05) is 6.07 Å². The third-order valence-corrected chi connectivity index (χ3v) is 3.84. The second-order valence-electron chi connectivity index (χ2n) is 5.26. The fourth-order valence-corrected chi connectivity index (χ4v) is 2.47. The van der Waals surface area contributed by atoms with Crippen LogP contribution in [0.25, 0.3) is 0 Å². The zero-order chi connectivity index (χ0) is 15.4. The van der Waals surface area contributed by atoms with Crippen LogP contribution in [-0.4, -0.2) is 37.0 Å². The van der Waals surface area contributed by atoms with Gasteiger partial charge in [0, 0.05) is 31.7 Å². The zero-order valence-corrected chi connectivity index (χ0v) is 12.3. The maximum atomic E-state index is 13.2. The summed E-state index contributed by atoms with van der Waals surface area (Å²) in [5, 5.41) is 5.36. The Morgan fingerprint density at radius 1 is 1.29 bits per heavy atom. The molecule has 1 aromatic rings. The minimum absolute atomic E-state index is 0.0241. The highest BCUT2D eigenvalue weighted by atomic mass is 19.1. The van der Waals surface area contributed by atoms with Crippen LogP contribution < -0.4 is 10.6 Å². The van der Waals surface area contributed by atoms with Crippen LogP contribution in [0.15, 0.2) is 18.2 Å². The van der Waals surface area contributed by atoms with E-state index >= 15 is 0 Å². The molecule has 5 nitrogen and oxygen atoms in total. The number of urea groups is 1. The lowest BCUT2D eigenvalue weighted by atomic mass is 9.96. The van der Waals surface area contributed by atoms with Crippen LogP contribution >= 0.6 is 0 Å². The quantitative estimate of drug-likeness (QED) is 0.877. The Kier molecular flexibility index (Phi) is 4.77. The van der Waals surface area contributed by atoms with Crippen molar-refractivity contribution in [1.29, 1.82) is 0 Å². The summed E-state index contributed by atoms with van der Waals surface area (Å²) in [6, 6.07) is 4.05. The SMILES string of the molecule is CNC(=O)C1CCN(C(=O)Nc2cc(F)ccc2C)CC1. The van der Waals surface area contributed by atoms with Gasteiger partial charge in [-0.15, -0.1) is 0 Å². The van der Waals surface area contributed by atoms with Gasteiger partial charge in [-0.25, -0.2) is 9.18 Å². The molecule has 6 heteroatoms. The van der Waals surface area contributed by atoms with Crippen molar-refractivity contribution in [2.75, 3.05) is 25.5 Å². The molecule has 0 bridgehead atoms. The Labute approximate surface area is 123 Å². The molecule has 2 rings (SSSR count). The van der Waals surface area contributed by atoms with Gasteiger partial charge in [0.25, 0.3) is 0 Å². The van der Waals surface area contributed by atoms with E-state index in [0.29, 0.717) is 31.6 Å². The second kappa shape index (κ2) is 6.56. The smallest absolute Gasteiger partial charge is 0.321 e. The van der Waals surface area contributed by atoms with Gasteiger partial charge in [0.05, 0.1) is 0 Å². The lowest BCUT2D eigenvalue weighted by Gasteiger charge is -2.31. The van der Waals surface area contributed by atoms with E-state index in [-0.39, 0.29) is 23.7 Å². The van der Waals surface area contributed by atoms with Crippen molar-refractivity contribution in [2.45, 2.75) is 19.8 Å². The molecular formula is C15H20FN3O2. The first-order valence-corrected chi connectivity index (χ1v) is 7.05. The molecule has 1 aliphatic heterocycles. The maximum Gasteiger partial charge on any atom is 0.321 e. The molecule has 3 amide bonds. The van der Waals surface area contributed by atoms with Crippen LogP contribution in [0.1, 0.15) is 18.4 Å². The predicted molar refractivity (Wildman–Crippen MR) is 78.5 cm³/mol. The molecule has 0 saturated carbocycles. The highest BCUT2D eigenvalue weighted by Gasteiger charge is 2.26. The van der Waals surface area contributed by atoms with Crippen LogP contribution in [0.5, 0.6) is 0 Å². The van der Waals surface area contributed by atoms with Crippen molar-refractivity contribution in [2.24, 2.45) is 5.92 Å². The molecule has 21 heavy (non-hydrogen) atoms. The number of carbonyl (C=O) groups is 2. The summed E-state index contributed by atoms with van der Waals surface area (Å²) in [4.78, 5) is 25.4. The Morgan fingerprint density at radius 3 is 2.57 bits per heavy atom. The van der Waals surface area contributed by atoms with E-state index in [9.17, 15) is 14.0 Å². The third-order valence-electron chi connectivity index (χ3n) is 3.84. The van der Waals surface area contributed by atoms with Crippen LogP contribution in [-0.2, 0) is 4.79 Å².